The molecule has 0 fully saturated rings. The van der Waals surface area contributed by atoms with Gasteiger partial charge in [-0.05, 0) is 0 Å². The highest BCUT2D eigenvalue weighted by Gasteiger charge is 1.97. The summed E-state index contributed by atoms with van der Waals surface area (Å²) in [5.74, 6) is 0. The van der Waals surface area contributed by atoms with Crippen molar-refractivity contribution in [3.63, 3.8) is 0 Å². The lowest BCUT2D eigenvalue weighted by Gasteiger charge is -1.82. The molecule has 0 aliphatic rings. The van der Waals surface area contributed by atoms with E-state index in [1.54, 1.807) is 5.32 Å². The van der Waals surface area contributed by atoms with Gasteiger partial charge >= 0.3 is 6.09 Å². The van der Waals surface area contributed by atoms with Crippen LogP contribution in [0.1, 0.15) is 0 Å². The Labute approximate surface area is 41.7 Å². The van der Waals surface area contributed by atoms with Crippen molar-refractivity contribution in [3.05, 3.63) is 19.2 Å². The molecule has 3 heteroatoms. The molecule has 0 atom stereocenters. The largest absolute Gasteiger partial charge is 0.457 e. The van der Waals surface area contributed by atoms with Crippen LogP contribution in [0.4, 0.5) is 4.79 Å². The molecule has 0 aromatic rings. The first-order chi connectivity index (χ1) is 3.13. The molecule has 0 aliphatic heterocycles. The summed E-state index contributed by atoms with van der Waals surface area (Å²) in [5, 5.41) is 11.3. The smallest absolute Gasteiger partial charge is 0.255 e. The molecule has 3 nitrogen and oxygen atoms in total. The predicted octanol–water partition coefficient (Wildman–Crippen LogP) is 0.474. The summed E-state index contributed by atoms with van der Waals surface area (Å²) in [6.45, 7) is 6.30. The van der Waals surface area contributed by atoms with Crippen LogP contribution in [-0.4, -0.2) is 6.09 Å². The van der Waals surface area contributed by atoms with E-state index in [4.69, 9.17) is 0 Å². The van der Waals surface area contributed by atoms with Gasteiger partial charge in [0.1, 0.15) is 0 Å². The molecule has 0 saturated carbocycles. The highest BCUT2D eigenvalue weighted by molar-refractivity contribution is 5.66. The maximum Gasteiger partial charge on any atom is 0.457 e. The van der Waals surface area contributed by atoms with Crippen LogP contribution in [0.5, 0.6) is 0 Å². The maximum absolute atomic E-state index is 9.49. The number of hydrogen-bond donors (Lipinski definition) is 1. The van der Waals surface area contributed by atoms with Crippen LogP contribution < -0.4 is 5.32 Å². The van der Waals surface area contributed by atoms with Crippen molar-refractivity contribution < 1.29 is 9.90 Å². The predicted molar refractivity (Wildman–Crippen MR) is 23.7 cm³/mol. The Morgan fingerprint density at radius 2 is 2.14 bits per heavy atom. The van der Waals surface area contributed by atoms with Crippen LogP contribution in [0.25, 0.3) is 0 Å². The van der Waals surface area contributed by atoms with Crippen molar-refractivity contribution in [3.8, 4) is 0 Å². The fourth-order valence-corrected chi connectivity index (χ4v) is 0.144. The minimum absolute atomic E-state index is 0.125. The van der Waals surface area contributed by atoms with Crippen LogP contribution in [0.3, 0.4) is 0 Å². The molecule has 0 aromatic heterocycles. The summed E-state index contributed by atoms with van der Waals surface area (Å²) >= 11 is 0. The van der Waals surface area contributed by atoms with Gasteiger partial charge in [-0.2, -0.15) is 0 Å². The quantitative estimate of drug-likeness (QED) is 0.477. The van der Waals surface area contributed by atoms with Crippen molar-refractivity contribution >= 4 is 6.09 Å². The van der Waals surface area contributed by atoms with Crippen LogP contribution in [0, 0.1) is 6.92 Å². The minimum atomic E-state index is -1.37. The molecule has 7 heavy (non-hydrogen) atoms. The molecular weight excluding hydrogens is 94.0 g/mol. The van der Waals surface area contributed by atoms with Crippen molar-refractivity contribution in [2.45, 2.75) is 0 Å². The second kappa shape index (κ2) is 2.12. The average molecular weight is 99.1 g/mol. The van der Waals surface area contributed by atoms with Crippen molar-refractivity contribution in [1.29, 1.82) is 0 Å². The van der Waals surface area contributed by atoms with Gasteiger partial charge in [-0.3, -0.25) is 5.32 Å². The molecule has 1 radical (unpaired) electrons. The van der Waals surface area contributed by atoms with E-state index in [-0.39, 0.29) is 5.70 Å². The fraction of sp³-hybridized carbons (Fsp3) is 0. The van der Waals surface area contributed by atoms with Gasteiger partial charge in [0.25, 0.3) is 0 Å². The second-order valence-corrected chi connectivity index (χ2v) is 1.02. The zero-order valence-corrected chi connectivity index (χ0v) is 3.73. The molecule has 0 heterocycles. The number of nitrogens with one attached hydrogen (secondary N) is 1. The summed E-state index contributed by atoms with van der Waals surface area (Å²) in [4.78, 5) is 9.49. The molecule has 37 valence electrons. The monoisotopic (exact) mass is 99.0 g/mol. The summed E-state index contributed by atoms with van der Waals surface area (Å²) in [7, 11) is 0. The zero-order valence-electron chi connectivity index (χ0n) is 3.73. The first-order valence-corrected chi connectivity index (χ1v) is 1.62. The molecular formula is C4H5NO2+. The van der Waals surface area contributed by atoms with Crippen LogP contribution in [0.2, 0.25) is 0 Å². The van der Waals surface area contributed by atoms with Gasteiger partial charge in [-0.25, -0.2) is 9.90 Å². The summed E-state index contributed by atoms with van der Waals surface area (Å²) in [5.41, 5.74) is 0.125. The molecule has 0 rings (SSSR count). The van der Waals surface area contributed by atoms with E-state index in [0.717, 1.165) is 0 Å². The lowest BCUT2D eigenvalue weighted by Crippen LogP contribution is -2.15. The average Bonchev–Trinajstić information content (AvgIpc) is 1.27. The number of allylic oxidation sites excluding steroid dienone is 1. The van der Waals surface area contributed by atoms with Gasteiger partial charge in [-0.1, -0.05) is 0 Å². The normalized spacial score (nSPS) is 7.43. The van der Waals surface area contributed by atoms with Gasteiger partial charge in [0, 0.05) is 0 Å². The lowest BCUT2D eigenvalue weighted by molar-refractivity contribution is 0.172. The third-order valence-corrected chi connectivity index (χ3v) is 0.279. The topological polar surface area (TPSA) is 49.0 Å². The van der Waals surface area contributed by atoms with Crippen molar-refractivity contribution in [2.24, 2.45) is 0 Å². The lowest BCUT2D eigenvalue weighted by atomic mass is 10.6. The molecule has 0 bridgehead atoms. The third-order valence-electron chi connectivity index (χ3n) is 0.279. The molecule has 0 saturated heterocycles. The first-order valence-electron chi connectivity index (χ1n) is 1.62. The first kappa shape index (κ1) is 5.88. The number of carbonyl (C=O) groups is 1. The van der Waals surface area contributed by atoms with Gasteiger partial charge in [-0.15, -0.1) is 0 Å². The standard InChI is InChI=1S/C4H5NO2/c1-3(2)5-4(6)7/h5H,1-2H2/q+1. The Kier molecular flexibility index (Phi) is 1.78. The van der Waals surface area contributed by atoms with Crippen molar-refractivity contribution in [1.82, 2.24) is 5.32 Å². The van der Waals surface area contributed by atoms with Gasteiger partial charge in [0.2, 0.25) is 0 Å². The molecule has 1 amide bonds. The van der Waals surface area contributed by atoms with E-state index in [9.17, 15) is 9.90 Å². The van der Waals surface area contributed by atoms with Gasteiger partial charge in [0.15, 0.2) is 5.70 Å². The third kappa shape index (κ3) is 4.88. The van der Waals surface area contributed by atoms with Crippen LogP contribution >= 0.6 is 0 Å². The molecule has 0 aliphatic carbocycles. The number of hydrogen-bond acceptors (Lipinski definition) is 1. The second-order valence-electron chi connectivity index (χ2n) is 1.02. The van der Waals surface area contributed by atoms with Gasteiger partial charge < -0.3 is 0 Å². The molecule has 0 spiro atoms. The van der Waals surface area contributed by atoms with Crippen LogP contribution in [-0.2, 0) is 5.11 Å². The van der Waals surface area contributed by atoms with E-state index >= 15 is 0 Å². The Hall–Kier alpha value is -1.12. The Balaban J connectivity index is 3.32. The maximum atomic E-state index is 9.49. The van der Waals surface area contributed by atoms with Gasteiger partial charge in [0.05, 0.1) is 13.5 Å². The van der Waals surface area contributed by atoms with Crippen LogP contribution in [0.15, 0.2) is 12.3 Å². The molecule has 0 aromatic carbocycles. The SMILES string of the molecule is C=C([CH2+])NC([O])=O. The summed E-state index contributed by atoms with van der Waals surface area (Å²) in [6.07, 6.45) is -1.37. The highest BCUT2D eigenvalue weighted by Crippen LogP contribution is 1.74. The Morgan fingerprint density at radius 3 is 2.14 bits per heavy atom. The Morgan fingerprint density at radius 1 is 1.71 bits per heavy atom. The molecule has 1 N–H and O–H groups in total. The Bertz CT molecular complexity index is 85.9. The van der Waals surface area contributed by atoms with Crippen molar-refractivity contribution in [2.75, 3.05) is 0 Å². The zero-order chi connectivity index (χ0) is 5.86. The minimum Gasteiger partial charge on any atom is -0.255 e. The van der Waals surface area contributed by atoms with E-state index in [0.29, 0.717) is 0 Å². The van der Waals surface area contributed by atoms with E-state index in [1.165, 1.54) is 0 Å². The number of amides is 1. The summed E-state index contributed by atoms with van der Waals surface area (Å²) < 4.78 is 0. The highest BCUT2D eigenvalue weighted by atomic mass is 16.4. The van der Waals surface area contributed by atoms with E-state index < -0.39 is 6.09 Å². The van der Waals surface area contributed by atoms with E-state index in [2.05, 4.69) is 13.5 Å². The van der Waals surface area contributed by atoms with E-state index in [1.807, 2.05) is 0 Å². The summed E-state index contributed by atoms with van der Waals surface area (Å²) in [6, 6.07) is 0. The fourth-order valence-electron chi connectivity index (χ4n) is 0.144. The molecule has 0 unspecified atom stereocenters. The number of carbonyl (C=O) groups excluding carboxylic acids is 1. The number of rotatable bonds is 1.